The summed E-state index contributed by atoms with van der Waals surface area (Å²) in [6.07, 6.45) is 2.89. The van der Waals surface area contributed by atoms with Crippen LogP contribution in [-0.2, 0) is 11.3 Å². The van der Waals surface area contributed by atoms with Crippen LogP contribution in [0.4, 0.5) is 0 Å². The second-order valence-electron chi connectivity index (χ2n) is 7.25. The Morgan fingerprint density at radius 3 is 2.66 bits per heavy atom. The van der Waals surface area contributed by atoms with Crippen LogP contribution < -0.4 is 20.7 Å². The number of piperidine rings is 1. The molecule has 29 heavy (non-hydrogen) atoms. The summed E-state index contributed by atoms with van der Waals surface area (Å²) in [7, 11) is 1.53. The van der Waals surface area contributed by atoms with Crippen molar-refractivity contribution in [2.45, 2.75) is 45.7 Å². The molecule has 1 aromatic carbocycles. The molecule has 8 heteroatoms. The molecule has 0 spiro atoms. The average molecular weight is 406 g/mol. The number of nitrogens with one attached hydrogen (secondary N) is 3. The third kappa shape index (κ3) is 7.81. The lowest BCUT2D eigenvalue weighted by Crippen LogP contribution is -2.50. The van der Waals surface area contributed by atoms with E-state index >= 15 is 0 Å². The van der Waals surface area contributed by atoms with Gasteiger partial charge in [-0.25, -0.2) is 4.99 Å². The van der Waals surface area contributed by atoms with E-state index in [1.165, 1.54) is 7.11 Å². The van der Waals surface area contributed by atoms with Gasteiger partial charge in [0.25, 0.3) is 0 Å². The number of phenols is 1. The molecule has 1 saturated heterocycles. The molecular formula is C21H35N5O3. The van der Waals surface area contributed by atoms with Gasteiger partial charge in [0.2, 0.25) is 5.91 Å². The Labute approximate surface area is 173 Å². The van der Waals surface area contributed by atoms with Crippen molar-refractivity contribution >= 4 is 11.9 Å². The number of hydrogen-bond donors (Lipinski definition) is 4. The van der Waals surface area contributed by atoms with Crippen LogP contribution in [0.2, 0.25) is 0 Å². The maximum atomic E-state index is 11.9. The van der Waals surface area contributed by atoms with Crippen molar-refractivity contribution in [1.82, 2.24) is 20.9 Å². The van der Waals surface area contributed by atoms with Crippen molar-refractivity contribution in [3.05, 3.63) is 23.8 Å². The molecule has 2 rings (SSSR count). The molecule has 1 fully saturated rings. The zero-order valence-electron chi connectivity index (χ0n) is 17.8. The molecule has 1 amide bonds. The Hall–Kier alpha value is -2.48. The van der Waals surface area contributed by atoms with Gasteiger partial charge in [0, 0.05) is 32.2 Å². The standard InChI is InChI=1S/C21H35N5O3/c1-4-10-23-20(28)15-26-11-8-17(9-12-26)25-21(22-5-2)24-14-16-6-7-19(29-3)18(27)13-16/h6-7,13,17,27H,4-5,8-12,14-15H2,1-3H3,(H,23,28)(H2,22,24,25). The van der Waals surface area contributed by atoms with Gasteiger partial charge >= 0.3 is 0 Å². The summed E-state index contributed by atoms with van der Waals surface area (Å²) in [6.45, 7) is 8.32. The van der Waals surface area contributed by atoms with Gasteiger partial charge in [0.15, 0.2) is 17.5 Å². The fourth-order valence-corrected chi connectivity index (χ4v) is 3.28. The minimum absolute atomic E-state index is 0.107. The minimum atomic E-state index is 0.107. The summed E-state index contributed by atoms with van der Waals surface area (Å²) in [5, 5.41) is 19.6. The number of amides is 1. The molecule has 1 aliphatic rings. The molecule has 0 aromatic heterocycles. The van der Waals surface area contributed by atoms with Crippen molar-refractivity contribution < 1.29 is 14.6 Å². The van der Waals surface area contributed by atoms with Gasteiger partial charge in [0.1, 0.15) is 0 Å². The number of benzene rings is 1. The van der Waals surface area contributed by atoms with E-state index in [1.807, 2.05) is 13.0 Å². The fraction of sp³-hybridized carbons (Fsp3) is 0.619. The monoisotopic (exact) mass is 405 g/mol. The zero-order chi connectivity index (χ0) is 21.1. The number of likely N-dealkylation sites (tertiary alicyclic amines) is 1. The van der Waals surface area contributed by atoms with Crippen LogP contribution in [0, 0.1) is 0 Å². The van der Waals surface area contributed by atoms with Gasteiger partial charge in [-0.15, -0.1) is 0 Å². The number of carbonyl (C=O) groups excluding carboxylic acids is 1. The summed E-state index contributed by atoms with van der Waals surface area (Å²) in [6, 6.07) is 5.64. The molecule has 162 valence electrons. The minimum Gasteiger partial charge on any atom is -0.504 e. The molecule has 0 aliphatic carbocycles. The first-order chi connectivity index (χ1) is 14.0. The summed E-state index contributed by atoms with van der Waals surface area (Å²) in [5.74, 6) is 1.45. The average Bonchev–Trinajstić information content (AvgIpc) is 2.72. The van der Waals surface area contributed by atoms with E-state index in [1.54, 1.807) is 12.1 Å². The van der Waals surface area contributed by atoms with E-state index in [0.717, 1.165) is 57.0 Å². The number of rotatable bonds is 9. The largest absolute Gasteiger partial charge is 0.504 e. The van der Waals surface area contributed by atoms with E-state index in [0.29, 0.717) is 24.9 Å². The number of nitrogens with zero attached hydrogens (tertiary/aromatic N) is 2. The molecule has 0 atom stereocenters. The van der Waals surface area contributed by atoms with Gasteiger partial charge in [-0.05, 0) is 43.9 Å². The topological polar surface area (TPSA) is 98.2 Å². The van der Waals surface area contributed by atoms with E-state index < -0.39 is 0 Å². The first kappa shape index (κ1) is 22.8. The van der Waals surface area contributed by atoms with E-state index in [2.05, 4.69) is 32.8 Å². The molecule has 0 bridgehead atoms. The van der Waals surface area contributed by atoms with Crippen LogP contribution in [0.1, 0.15) is 38.7 Å². The Morgan fingerprint density at radius 2 is 2.03 bits per heavy atom. The van der Waals surface area contributed by atoms with E-state index in [-0.39, 0.29) is 11.7 Å². The fourth-order valence-electron chi connectivity index (χ4n) is 3.28. The van der Waals surface area contributed by atoms with Gasteiger partial charge in [-0.2, -0.15) is 0 Å². The predicted octanol–water partition coefficient (Wildman–Crippen LogP) is 1.45. The molecule has 0 radical (unpaired) electrons. The van der Waals surface area contributed by atoms with Gasteiger partial charge < -0.3 is 25.8 Å². The number of guanidine groups is 1. The quantitative estimate of drug-likeness (QED) is 0.367. The lowest BCUT2D eigenvalue weighted by Gasteiger charge is -2.32. The molecule has 4 N–H and O–H groups in total. The number of carbonyl (C=O) groups is 1. The number of aromatic hydroxyl groups is 1. The molecule has 1 heterocycles. The van der Waals surface area contributed by atoms with Crippen LogP contribution >= 0.6 is 0 Å². The Morgan fingerprint density at radius 1 is 1.28 bits per heavy atom. The number of phenolic OH excluding ortho intramolecular Hbond substituents is 1. The molecule has 0 unspecified atom stereocenters. The lowest BCUT2D eigenvalue weighted by molar-refractivity contribution is -0.122. The Balaban J connectivity index is 1.83. The second-order valence-corrected chi connectivity index (χ2v) is 7.25. The first-order valence-electron chi connectivity index (χ1n) is 10.5. The van der Waals surface area contributed by atoms with Crippen LogP contribution in [0.3, 0.4) is 0 Å². The van der Waals surface area contributed by atoms with Gasteiger partial charge in [0.05, 0.1) is 20.2 Å². The molecule has 1 aliphatic heterocycles. The van der Waals surface area contributed by atoms with E-state index in [4.69, 9.17) is 4.74 Å². The zero-order valence-corrected chi connectivity index (χ0v) is 17.8. The maximum Gasteiger partial charge on any atom is 0.234 e. The van der Waals surface area contributed by atoms with Crippen LogP contribution in [0.15, 0.2) is 23.2 Å². The third-order valence-electron chi connectivity index (χ3n) is 4.88. The maximum absolute atomic E-state index is 11.9. The number of methoxy groups -OCH3 is 1. The SMILES string of the molecule is CCCNC(=O)CN1CCC(NC(=NCc2ccc(OC)c(O)c2)NCC)CC1. The molecule has 8 nitrogen and oxygen atoms in total. The van der Waals surface area contributed by atoms with Crippen LogP contribution in [-0.4, -0.2) is 67.7 Å². The summed E-state index contributed by atoms with van der Waals surface area (Å²) < 4.78 is 5.08. The van der Waals surface area contributed by atoms with Crippen molar-refractivity contribution in [2.75, 3.05) is 39.8 Å². The third-order valence-corrected chi connectivity index (χ3v) is 4.88. The lowest BCUT2D eigenvalue weighted by atomic mass is 10.1. The van der Waals surface area contributed by atoms with Crippen molar-refractivity contribution in [1.29, 1.82) is 0 Å². The van der Waals surface area contributed by atoms with E-state index in [9.17, 15) is 9.90 Å². The van der Waals surface area contributed by atoms with Crippen molar-refractivity contribution in [3.8, 4) is 11.5 Å². The highest BCUT2D eigenvalue weighted by atomic mass is 16.5. The molecular weight excluding hydrogens is 370 g/mol. The number of aliphatic imine (C=N–C) groups is 1. The van der Waals surface area contributed by atoms with Gasteiger partial charge in [-0.1, -0.05) is 13.0 Å². The molecule has 0 saturated carbocycles. The van der Waals surface area contributed by atoms with Crippen LogP contribution in [0.5, 0.6) is 11.5 Å². The first-order valence-corrected chi connectivity index (χ1v) is 10.5. The van der Waals surface area contributed by atoms with Crippen LogP contribution in [0.25, 0.3) is 0 Å². The highest BCUT2D eigenvalue weighted by Gasteiger charge is 2.21. The highest BCUT2D eigenvalue weighted by Crippen LogP contribution is 2.26. The summed E-state index contributed by atoms with van der Waals surface area (Å²) >= 11 is 0. The predicted molar refractivity (Wildman–Crippen MR) is 115 cm³/mol. The van der Waals surface area contributed by atoms with Crippen molar-refractivity contribution in [3.63, 3.8) is 0 Å². The number of hydrogen-bond acceptors (Lipinski definition) is 5. The smallest absolute Gasteiger partial charge is 0.234 e. The number of ether oxygens (including phenoxy) is 1. The normalized spacial score (nSPS) is 15.8. The Bertz CT molecular complexity index is 672. The second kappa shape index (κ2) is 12.2. The van der Waals surface area contributed by atoms with Gasteiger partial charge in [-0.3, -0.25) is 9.69 Å². The summed E-state index contributed by atoms with van der Waals surface area (Å²) in [5.41, 5.74) is 0.911. The molecule has 1 aromatic rings. The highest BCUT2D eigenvalue weighted by molar-refractivity contribution is 5.80. The van der Waals surface area contributed by atoms with Crippen molar-refractivity contribution in [2.24, 2.45) is 4.99 Å². The summed E-state index contributed by atoms with van der Waals surface area (Å²) in [4.78, 5) is 18.7. The Kier molecular flexibility index (Phi) is 9.56.